The average Bonchev–Trinajstić information content (AvgIpc) is 2.49. The smallest absolute Gasteiger partial charge is 0.224 e. The SMILES string of the molecule is Nc1ccnc(N[C@H]2CCOC[C@@H]2Oc2cccc(F)c2)n1. The van der Waals surface area contributed by atoms with E-state index >= 15 is 0 Å². The standard InChI is InChI=1S/C15H17FN4O2/c16-10-2-1-3-11(8-10)22-13-9-21-7-5-12(13)19-15-18-6-4-14(17)20-15/h1-4,6,8,12-13H,5,7,9H2,(H3,17,18,19,20)/t12-,13-/m0/s1. The van der Waals surface area contributed by atoms with Gasteiger partial charge in [0.1, 0.15) is 23.5 Å². The molecule has 0 unspecified atom stereocenters. The summed E-state index contributed by atoms with van der Waals surface area (Å²) in [4.78, 5) is 8.25. The Morgan fingerprint density at radius 3 is 3.09 bits per heavy atom. The summed E-state index contributed by atoms with van der Waals surface area (Å²) in [6.45, 7) is 1.03. The highest BCUT2D eigenvalue weighted by atomic mass is 19.1. The molecule has 2 aromatic rings. The van der Waals surface area contributed by atoms with Gasteiger partial charge in [-0.1, -0.05) is 6.07 Å². The number of halogens is 1. The van der Waals surface area contributed by atoms with Crippen LogP contribution in [0.5, 0.6) is 5.75 Å². The number of nitrogens with one attached hydrogen (secondary N) is 1. The summed E-state index contributed by atoms with van der Waals surface area (Å²) in [7, 11) is 0. The predicted molar refractivity (Wildman–Crippen MR) is 80.1 cm³/mol. The Balaban J connectivity index is 1.71. The van der Waals surface area contributed by atoms with Gasteiger partial charge in [-0.25, -0.2) is 9.37 Å². The zero-order valence-electron chi connectivity index (χ0n) is 11.9. The molecule has 2 atom stereocenters. The fraction of sp³-hybridized carbons (Fsp3) is 0.333. The third-order valence-electron chi connectivity index (χ3n) is 3.38. The maximum atomic E-state index is 13.2. The fourth-order valence-electron chi connectivity index (χ4n) is 2.32. The average molecular weight is 304 g/mol. The number of nitrogens with two attached hydrogens (primary N) is 1. The monoisotopic (exact) mass is 304 g/mol. The van der Waals surface area contributed by atoms with E-state index in [0.29, 0.717) is 30.7 Å². The lowest BCUT2D eigenvalue weighted by Crippen LogP contribution is -2.45. The summed E-state index contributed by atoms with van der Waals surface area (Å²) in [5, 5.41) is 3.21. The van der Waals surface area contributed by atoms with Gasteiger partial charge in [-0.05, 0) is 24.6 Å². The molecule has 22 heavy (non-hydrogen) atoms. The van der Waals surface area contributed by atoms with Crippen LogP contribution in [0, 0.1) is 5.82 Å². The Kier molecular flexibility index (Phi) is 4.34. The minimum Gasteiger partial charge on any atom is -0.486 e. The zero-order valence-corrected chi connectivity index (χ0v) is 11.9. The van der Waals surface area contributed by atoms with Gasteiger partial charge >= 0.3 is 0 Å². The van der Waals surface area contributed by atoms with Crippen molar-refractivity contribution in [2.75, 3.05) is 24.3 Å². The molecule has 0 bridgehead atoms. The Morgan fingerprint density at radius 2 is 2.27 bits per heavy atom. The molecule has 7 heteroatoms. The van der Waals surface area contributed by atoms with Crippen molar-refractivity contribution in [1.82, 2.24) is 9.97 Å². The van der Waals surface area contributed by atoms with Gasteiger partial charge in [0.25, 0.3) is 0 Å². The van der Waals surface area contributed by atoms with Crippen LogP contribution in [0.2, 0.25) is 0 Å². The van der Waals surface area contributed by atoms with Crippen molar-refractivity contribution in [2.45, 2.75) is 18.6 Å². The fourth-order valence-corrected chi connectivity index (χ4v) is 2.32. The summed E-state index contributed by atoms with van der Waals surface area (Å²) in [6, 6.07) is 7.63. The second-order valence-electron chi connectivity index (χ2n) is 5.03. The second kappa shape index (κ2) is 6.57. The van der Waals surface area contributed by atoms with Crippen LogP contribution >= 0.6 is 0 Å². The van der Waals surface area contributed by atoms with E-state index in [4.69, 9.17) is 15.2 Å². The first-order chi connectivity index (χ1) is 10.7. The Morgan fingerprint density at radius 1 is 1.36 bits per heavy atom. The van der Waals surface area contributed by atoms with Gasteiger partial charge in [0, 0.05) is 18.9 Å². The summed E-state index contributed by atoms with van der Waals surface area (Å²) in [5.41, 5.74) is 5.65. The lowest BCUT2D eigenvalue weighted by Gasteiger charge is -2.32. The molecular formula is C15H17FN4O2. The van der Waals surface area contributed by atoms with Crippen LogP contribution in [0.3, 0.4) is 0 Å². The number of rotatable bonds is 4. The number of ether oxygens (including phenoxy) is 2. The number of aromatic nitrogens is 2. The molecule has 2 heterocycles. The van der Waals surface area contributed by atoms with Gasteiger partial charge in [-0.3, -0.25) is 0 Å². The molecule has 1 aliphatic heterocycles. The number of hydrogen-bond acceptors (Lipinski definition) is 6. The molecule has 1 aliphatic rings. The van der Waals surface area contributed by atoms with E-state index in [2.05, 4.69) is 15.3 Å². The Labute approximate surface area is 127 Å². The molecule has 6 nitrogen and oxygen atoms in total. The van der Waals surface area contributed by atoms with Crippen molar-refractivity contribution in [2.24, 2.45) is 0 Å². The molecule has 0 saturated carbocycles. The molecule has 1 fully saturated rings. The van der Waals surface area contributed by atoms with Crippen molar-refractivity contribution >= 4 is 11.8 Å². The third-order valence-corrected chi connectivity index (χ3v) is 3.38. The number of benzene rings is 1. The predicted octanol–water partition coefficient (Wildman–Crippen LogP) is 1.85. The maximum Gasteiger partial charge on any atom is 0.224 e. The van der Waals surface area contributed by atoms with E-state index in [1.165, 1.54) is 12.1 Å². The van der Waals surface area contributed by atoms with E-state index in [1.54, 1.807) is 24.4 Å². The first kappa shape index (κ1) is 14.5. The molecular weight excluding hydrogens is 287 g/mol. The maximum absolute atomic E-state index is 13.2. The zero-order chi connectivity index (χ0) is 15.4. The lowest BCUT2D eigenvalue weighted by molar-refractivity contribution is -0.000818. The highest BCUT2D eigenvalue weighted by Crippen LogP contribution is 2.20. The molecule has 3 rings (SSSR count). The highest BCUT2D eigenvalue weighted by Gasteiger charge is 2.28. The number of nitrogen functional groups attached to an aromatic ring is 1. The molecule has 0 amide bonds. The van der Waals surface area contributed by atoms with Gasteiger partial charge in [-0.2, -0.15) is 4.98 Å². The summed E-state index contributed by atoms with van der Waals surface area (Å²) < 4.78 is 24.5. The Bertz CT molecular complexity index is 585. The summed E-state index contributed by atoms with van der Waals surface area (Å²) in [6.07, 6.45) is 2.06. The molecule has 1 aromatic heterocycles. The van der Waals surface area contributed by atoms with Crippen LogP contribution in [0.25, 0.3) is 0 Å². The molecule has 0 aliphatic carbocycles. The first-order valence-corrected chi connectivity index (χ1v) is 7.06. The van der Waals surface area contributed by atoms with Gasteiger partial charge in [0.05, 0.1) is 12.6 Å². The third kappa shape index (κ3) is 3.62. The molecule has 116 valence electrons. The van der Waals surface area contributed by atoms with E-state index in [1.807, 2.05) is 0 Å². The summed E-state index contributed by atoms with van der Waals surface area (Å²) in [5.74, 6) is 0.973. The topological polar surface area (TPSA) is 82.3 Å². The van der Waals surface area contributed by atoms with Crippen molar-refractivity contribution in [3.8, 4) is 5.75 Å². The van der Waals surface area contributed by atoms with E-state index in [9.17, 15) is 4.39 Å². The Hall–Kier alpha value is -2.41. The minimum absolute atomic E-state index is 0.0428. The van der Waals surface area contributed by atoms with Crippen LogP contribution in [0.4, 0.5) is 16.2 Å². The van der Waals surface area contributed by atoms with Gasteiger partial charge in [0.2, 0.25) is 5.95 Å². The normalized spacial score (nSPS) is 21.3. The van der Waals surface area contributed by atoms with Gasteiger partial charge in [0.15, 0.2) is 0 Å². The quantitative estimate of drug-likeness (QED) is 0.897. The van der Waals surface area contributed by atoms with E-state index in [-0.39, 0.29) is 18.0 Å². The van der Waals surface area contributed by atoms with E-state index in [0.717, 1.165) is 6.42 Å². The van der Waals surface area contributed by atoms with Crippen LogP contribution < -0.4 is 15.8 Å². The van der Waals surface area contributed by atoms with Crippen molar-refractivity contribution in [3.05, 3.63) is 42.3 Å². The minimum atomic E-state index is -0.335. The van der Waals surface area contributed by atoms with E-state index < -0.39 is 0 Å². The van der Waals surface area contributed by atoms with Gasteiger partial charge in [-0.15, -0.1) is 0 Å². The number of nitrogens with zero attached hydrogens (tertiary/aromatic N) is 2. The van der Waals surface area contributed by atoms with Crippen molar-refractivity contribution < 1.29 is 13.9 Å². The molecule has 1 aromatic carbocycles. The van der Waals surface area contributed by atoms with Crippen LogP contribution in [-0.4, -0.2) is 35.3 Å². The van der Waals surface area contributed by atoms with Crippen LogP contribution in [0.15, 0.2) is 36.5 Å². The molecule has 3 N–H and O–H groups in total. The van der Waals surface area contributed by atoms with Crippen molar-refractivity contribution in [1.29, 1.82) is 0 Å². The summed E-state index contributed by atoms with van der Waals surface area (Å²) >= 11 is 0. The highest BCUT2D eigenvalue weighted by molar-refractivity contribution is 5.36. The number of hydrogen-bond donors (Lipinski definition) is 2. The molecule has 0 radical (unpaired) electrons. The molecule has 1 saturated heterocycles. The molecule has 0 spiro atoms. The largest absolute Gasteiger partial charge is 0.486 e. The van der Waals surface area contributed by atoms with Crippen LogP contribution in [-0.2, 0) is 4.74 Å². The first-order valence-electron chi connectivity index (χ1n) is 7.06. The van der Waals surface area contributed by atoms with Gasteiger partial charge < -0.3 is 20.5 Å². The second-order valence-corrected chi connectivity index (χ2v) is 5.03. The lowest BCUT2D eigenvalue weighted by atomic mass is 10.1. The van der Waals surface area contributed by atoms with Crippen molar-refractivity contribution in [3.63, 3.8) is 0 Å². The number of anilines is 2. The van der Waals surface area contributed by atoms with Crippen LogP contribution in [0.1, 0.15) is 6.42 Å².